The molecule has 0 spiro atoms. The van der Waals surface area contributed by atoms with Gasteiger partial charge >= 0.3 is 0 Å². The number of aliphatic hydroxyl groups excluding tert-OH is 1. The van der Waals surface area contributed by atoms with Gasteiger partial charge in [-0.05, 0) is 36.3 Å². The van der Waals surface area contributed by atoms with Crippen molar-refractivity contribution in [1.29, 1.82) is 0 Å². The molecular formula is C11H11FO. The molecule has 1 N–H and O–H groups in total. The van der Waals surface area contributed by atoms with E-state index in [0.717, 1.165) is 5.56 Å². The maximum Gasteiger partial charge on any atom is 0.123 e. The number of hydrogen-bond acceptors (Lipinski definition) is 1. The van der Waals surface area contributed by atoms with E-state index < -0.39 is 0 Å². The average Bonchev–Trinajstić information content (AvgIpc) is 2.15. The zero-order valence-electron chi connectivity index (χ0n) is 7.20. The molecule has 1 aromatic rings. The van der Waals surface area contributed by atoms with E-state index in [2.05, 4.69) is 5.73 Å². The van der Waals surface area contributed by atoms with Crippen molar-refractivity contribution in [3.05, 3.63) is 47.5 Å². The minimum absolute atomic E-state index is 0.129. The first kappa shape index (κ1) is 9.72. The molecule has 0 unspecified atom stereocenters. The van der Waals surface area contributed by atoms with Crippen LogP contribution in [0.2, 0.25) is 0 Å². The normalized spacial score (nSPS) is 9.08. The summed E-state index contributed by atoms with van der Waals surface area (Å²) in [5.74, 6) is -0.239. The highest BCUT2D eigenvalue weighted by molar-refractivity contribution is 5.48. The lowest BCUT2D eigenvalue weighted by Gasteiger charge is -1.89. The van der Waals surface area contributed by atoms with E-state index in [-0.39, 0.29) is 12.4 Å². The summed E-state index contributed by atoms with van der Waals surface area (Å²) in [7, 11) is 0. The minimum atomic E-state index is -0.239. The Morgan fingerprint density at radius 1 is 1.31 bits per heavy atom. The number of halogens is 1. The van der Waals surface area contributed by atoms with E-state index in [9.17, 15) is 4.39 Å². The van der Waals surface area contributed by atoms with Crippen LogP contribution < -0.4 is 0 Å². The number of rotatable bonds is 3. The fraction of sp³-hybridized carbons (Fsp3) is 0.182. The third-order valence-electron chi connectivity index (χ3n) is 1.51. The maximum atomic E-state index is 12.5. The van der Waals surface area contributed by atoms with Crippen molar-refractivity contribution >= 4 is 6.08 Å². The predicted octanol–water partition coefficient (Wildman–Crippen LogP) is 2.38. The molecule has 0 fully saturated rings. The molecule has 0 aromatic heterocycles. The number of benzene rings is 1. The Kier molecular flexibility index (Phi) is 3.97. The van der Waals surface area contributed by atoms with Crippen molar-refractivity contribution in [2.75, 3.05) is 6.61 Å². The molecule has 0 heterocycles. The summed E-state index contributed by atoms with van der Waals surface area (Å²) in [6.45, 7) is 0.129. The fourth-order valence-electron chi connectivity index (χ4n) is 0.862. The molecule has 68 valence electrons. The van der Waals surface area contributed by atoms with Crippen molar-refractivity contribution in [2.24, 2.45) is 0 Å². The molecule has 0 amide bonds. The van der Waals surface area contributed by atoms with E-state index in [4.69, 9.17) is 5.11 Å². The van der Waals surface area contributed by atoms with E-state index in [1.807, 2.05) is 0 Å². The van der Waals surface area contributed by atoms with E-state index in [0.29, 0.717) is 6.42 Å². The first-order valence-corrected chi connectivity index (χ1v) is 4.10. The quantitative estimate of drug-likeness (QED) is 0.704. The highest BCUT2D eigenvalue weighted by Gasteiger charge is 1.86. The molecule has 0 bridgehead atoms. The zero-order chi connectivity index (χ0) is 9.52. The van der Waals surface area contributed by atoms with Gasteiger partial charge in [-0.3, -0.25) is 0 Å². The van der Waals surface area contributed by atoms with Crippen LogP contribution in [0.5, 0.6) is 0 Å². The summed E-state index contributed by atoms with van der Waals surface area (Å²) in [5.41, 5.74) is 3.79. The lowest BCUT2D eigenvalue weighted by molar-refractivity contribution is 0.302. The van der Waals surface area contributed by atoms with E-state index in [1.165, 1.54) is 12.1 Å². The molecule has 1 nitrogen and oxygen atoms in total. The van der Waals surface area contributed by atoms with Crippen molar-refractivity contribution < 1.29 is 9.50 Å². The summed E-state index contributed by atoms with van der Waals surface area (Å²) in [6.07, 6.45) is 4.08. The molecule has 0 aliphatic heterocycles. The molecule has 0 aliphatic carbocycles. The van der Waals surface area contributed by atoms with Gasteiger partial charge in [-0.15, -0.1) is 5.73 Å². The lowest BCUT2D eigenvalue weighted by atomic mass is 10.2. The highest BCUT2D eigenvalue weighted by atomic mass is 19.1. The topological polar surface area (TPSA) is 20.2 Å². The third kappa shape index (κ3) is 3.70. The summed E-state index contributed by atoms with van der Waals surface area (Å²) in [4.78, 5) is 0. The van der Waals surface area contributed by atoms with E-state index >= 15 is 0 Å². The molecule has 1 rings (SSSR count). The largest absolute Gasteiger partial charge is 0.396 e. The van der Waals surface area contributed by atoms with Crippen molar-refractivity contribution in [1.82, 2.24) is 0 Å². The van der Waals surface area contributed by atoms with Gasteiger partial charge in [0.05, 0.1) is 0 Å². The van der Waals surface area contributed by atoms with Gasteiger partial charge in [-0.1, -0.05) is 12.1 Å². The molecular weight excluding hydrogens is 167 g/mol. The molecule has 13 heavy (non-hydrogen) atoms. The SMILES string of the molecule is OCCC=C=Cc1ccc(F)cc1. The Labute approximate surface area is 76.8 Å². The van der Waals surface area contributed by atoms with Crippen LogP contribution in [0, 0.1) is 5.82 Å². The zero-order valence-corrected chi connectivity index (χ0v) is 7.20. The van der Waals surface area contributed by atoms with Gasteiger partial charge in [-0.2, -0.15) is 0 Å². The molecule has 0 atom stereocenters. The van der Waals surface area contributed by atoms with Crippen LogP contribution in [0.1, 0.15) is 12.0 Å². The van der Waals surface area contributed by atoms with Gasteiger partial charge in [0.25, 0.3) is 0 Å². The van der Waals surface area contributed by atoms with Crippen LogP contribution in [0.4, 0.5) is 4.39 Å². The Morgan fingerprint density at radius 2 is 2.00 bits per heavy atom. The second-order valence-corrected chi connectivity index (χ2v) is 2.58. The third-order valence-corrected chi connectivity index (χ3v) is 1.51. The van der Waals surface area contributed by atoms with Gasteiger partial charge in [-0.25, -0.2) is 4.39 Å². The Hall–Kier alpha value is -1.37. The van der Waals surface area contributed by atoms with Crippen molar-refractivity contribution in [3.8, 4) is 0 Å². The van der Waals surface area contributed by atoms with Crippen LogP contribution in [0.25, 0.3) is 6.08 Å². The smallest absolute Gasteiger partial charge is 0.123 e. The van der Waals surface area contributed by atoms with Crippen LogP contribution >= 0.6 is 0 Å². The van der Waals surface area contributed by atoms with Crippen molar-refractivity contribution in [3.63, 3.8) is 0 Å². The lowest BCUT2D eigenvalue weighted by Crippen LogP contribution is -1.74. The first-order chi connectivity index (χ1) is 6.33. The second-order valence-electron chi connectivity index (χ2n) is 2.58. The Balaban J connectivity index is 2.64. The average molecular weight is 178 g/mol. The molecule has 2 heteroatoms. The predicted molar refractivity (Wildman–Crippen MR) is 50.6 cm³/mol. The monoisotopic (exact) mass is 178 g/mol. The molecule has 0 saturated carbocycles. The highest BCUT2D eigenvalue weighted by Crippen LogP contribution is 2.03. The molecule has 0 aliphatic rings. The standard InChI is InChI=1S/C11H11FO/c12-11-7-5-10(6-8-11)4-2-1-3-9-13/h1,4-8,13H,3,9H2. The summed E-state index contributed by atoms with van der Waals surface area (Å²) >= 11 is 0. The van der Waals surface area contributed by atoms with Crippen LogP contribution in [0.3, 0.4) is 0 Å². The second kappa shape index (κ2) is 5.31. The maximum absolute atomic E-state index is 12.5. The van der Waals surface area contributed by atoms with Gasteiger partial charge in [0.2, 0.25) is 0 Å². The first-order valence-electron chi connectivity index (χ1n) is 4.10. The number of hydrogen-bond donors (Lipinski definition) is 1. The fourth-order valence-corrected chi connectivity index (χ4v) is 0.862. The summed E-state index contributed by atoms with van der Waals surface area (Å²) in [6, 6.07) is 6.16. The van der Waals surface area contributed by atoms with Crippen LogP contribution in [-0.4, -0.2) is 11.7 Å². The minimum Gasteiger partial charge on any atom is -0.396 e. The van der Waals surface area contributed by atoms with E-state index in [1.54, 1.807) is 24.3 Å². The van der Waals surface area contributed by atoms with Crippen LogP contribution in [0.15, 0.2) is 36.1 Å². The molecule has 0 radical (unpaired) electrons. The van der Waals surface area contributed by atoms with Gasteiger partial charge < -0.3 is 5.11 Å². The van der Waals surface area contributed by atoms with Gasteiger partial charge in [0.15, 0.2) is 0 Å². The Morgan fingerprint density at radius 3 is 2.62 bits per heavy atom. The van der Waals surface area contributed by atoms with Crippen molar-refractivity contribution in [2.45, 2.75) is 6.42 Å². The van der Waals surface area contributed by atoms with Gasteiger partial charge in [0.1, 0.15) is 5.82 Å². The van der Waals surface area contributed by atoms with Crippen LogP contribution in [-0.2, 0) is 0 Å². The number of aliphatic hydroxyl groups is 1. The summed E-state index contributed by atoms with van der Waals surface area (Å²) < 4.78 is 12.5. The molecule has 0 saturated heterocycles. The molecule has 1 aromatic carbocycles. The summed E-state index contributed by atoms with van der Waals surface area (Å²) in [5, 5.41) is 8.47. The Bertz CT molecular complexity index is 307. The van der Waals surface area contributed by atoms with Gasteiger partial charge in [0, 0.05) is 6.61 Å².